The van der Waals surface area contributed by atoms with Crippen LogP contribution in [0.25, 0.3) is 22.7 Å². The Kier molecular flexibility index (Phi) is 5.95. The summed E-state index contributed by atoms with van der Waals surface area (Å²) in [5.74, 6) is 0.804. The van der Waals surface area contributed by atoms with Crippen LogP contribution in [0.2, 0.25) is 0 Å². The first-order chi connectivity index (χ1) is 15.7. The topological polar surface area (TPSA) is 60.1 Å². The molecule has 4 aromatic rings. The molecule has 1 aromatic carbocycles. The van der Waals surface area contributed by atoms with Crippen LogP contribution in [0, 0.1) is 6.92 Å². The van der Waals surface area contributed by atoms with E-state index in [0.29, 0.717) is 24.1 Å². The molecule has 1 N–H and O–H groups in total. The Labute approximate surface area is 192 Å². The summed E-state index contributed by atoms with van der Waals surface area (Å²) >= 11 is 1.62. The van der Waals surface area contributed by atoms with Gasteiger partial charge in [-0.05, 0) is 43.3 Å². The van der Waals surface area contributed by atoms with Crippen molar-refractivity contribution in [2.45, 2.75) is 51.6 Å². The number of thiophene rings is 1. The third-order valence-corrected chi connectivity index (χ3v) is 7.03. The molecule has 0 bridgehead atoms. The second-order valence-electron chi connectivity index (χ2n) is 8.43. The van der Waals surface area contributed by atoms with Crippen LogP contribution in [0.1, 0.15) is 59.1 Å². The summed E-state index contributed by atoms with van der Waals surface area (Å²) in [6.45, 7) is 2.58. The lowest BCUT2D eigenvalue weighted by Crippen LogP contribution is -2.21. The number of carbonyl (C=O) groups is 1. The minimum absolute atomic E-state index is 0.203. The van der Waals surface area contributed by atoms with Crippen molar-refractivity contribution < 1.29 is 9.21 Å². The lowest BCUT2D eigenvalue weighted by molar-refractivity contribution is 0.0924. The fourth-order valence-electron chi connectivity index (χ4n) is 4.42. The highest BCUT2D eigenvalue weighted by molar-refractivity contribution is 7.09. The summed E-state index contributed by atoms with van der Waals surface area (Å²) in [5, 5.41) is 4.95. The molecule has 0 atom stereocenters. The molecule has 5 rings (SSSR count). The fourth-order valence-corrected chi connectivity index (χ4v) is 5.06. The van der Waals surface area contributed by atoms with E-state index in [1.165, 1.54) is 24.8 Å². The standard InChI is InChI=1S/C26H27N3O2S/c1-18-9-11-19(12-10-18)24-25(29(17-28-24)20-6-3-2-4-7-20)22-13-14-23(31-22)26(30)27-16-21-8-5-15-32-21/h5,8-15,17,20H,2-4,6-7,16H2,1H3,(H,27,30). The smallest absolute Gasteiger partial charge is 0.287 e. The maximum atomic E-state index is 12.7. The van der Waals surface area contributed by atoms with Crippen LogP contribution in [0.15, 0.2) is 64.7 Å². The summed E-state index contributed by atoms with van der Waals surface area (Å²) in [6, 6.07) is 16.5. The van der Waals surface area contributed by atoms with Gasteiger partial charge in [0.2, 0.25) is 0 Å². The Morgan fingerprint density at radius 3 is 2.69 bits per heavy atom. The Balaban J connectivity index is 1.47. The third-order valence-electron chi connectivity index (χ3n) is 6.15. The maximum Gasteiger partial charge on any atom is 0.287 e. The first-order valence-corrected chi connectivity index (χ1v) is 12.1. The maximum absolute atomic E-state index is 12.7. The largest absolute Gasteiger partial charge is 0.449 e. The third kappa shape index (κ3) is 4.28. The van der Waals surface area contributed by atoms with Gasteiger partial charge in [-0.15, -0.1) is 11.3 Å². The molecule has 0 aliphatic heterocycles. The van der Waals surface area contributed by atoms with Crippen molar-refractivity contribution in [3.8, 4) is 22.7 Å². The van der Waals surface area contributed by atoms with Crippen molar-refractivity contribution >= 4 is 17.2 Å². The highest BCUT2D eigenvalue weighted by Gasteiger charge is 2.25. The number of carbonyl (C=O) groups excluding carboxylic acids is 1. The number of hydrogen-bond donors (Lipinski definition) is 1. The molecule has 1 fully saturated rings. The Bertz CT molecular complexity index is 1180. The van der Waals surface area contributed by atoms with E-state index in [2.05, 4.69) is 41.1 Å². The van der Waals surface area contributed by atoms with Crippen LogP contribution in [0.5, 0.6) is 0 Å². The molecule has 3 aromatic heterocycles. The molecule has 1 amide bonds. The number of imidazole rings is 1. The number of amides is 1. The number of furan rings is 1. The zero-order valence-corrected chi connectivity index (χ0v) is 19.0. The highest BCUT2D eigenvalue weighted by atomic mass is 32.1. The van der Waals surface area contributed by atoms with E-state index >= 15 is 0 Å². The summed E-state index contributed by atoms with van der Waals surface area (Å²) in [7, 11) is 0. The van der Waals surface area contributed by atoms with Gasteiger partial charge in [-0.3, -0.25) is 4.79 Å². The van der Waals surface area contributed by atoms with Crippen LogP contribution in [-0.4, -0.2) is 15.5 Å². The molecule has 0 radical (unpaired) electrons. The van der Waals surface area contributed by atoms with Crippen LogP contribution in [0.3, 0.4) is 0 Å². The Morgan fingerprint density at radius 2 is 1.94 bits per heavy atom. The number of aromatic nitrogens is 2. The predicted molar refractivity (Wildman–Crippen MR) is 128 cm³/mol. The molecule has 0 spiro atoms. The first kappa shape index (κ1) is 20.8. The average Bonchev–Trinajstić information content (AvgIpc) is 3.59. The quantitative estimate of drug-likeness (QED) is 0.363. The Morgan fingerprint density at radius 1 is 1.12 bits per heavy atom. The van der Waals surface area contributed by atoms with Crippen LogP contribution in [0.4, 0.5) is 0 Å². The second-order valence-corrected chi connectivity index (χ2v) is 9.47. The van der Waals surface area contributed by atoms with Crippen molar-refractivity contribution in [3.05, 3.63) is 76.4 Å². The van der Waals surface area contributed by atoms with E-state index in [1.807, 2.05) is 29.9 Å². The van der Waals surface area contributed by atoms with Gasteiger partial charge in [0.15, 0.2) is 11.5 Å². The number of aryl methyl sites for hydroxylation is 1. The SMILES string of the molecule is Cc1ccc(-c2ncn(C3CCCCC3)c2-c2ccc(C(=O)NCc3cccs3)o2)cc1. The summed E-state index contributed by atoms with van der Waals surface area (Å²) in [5.41, 5.74) is 4.12. The molecule has 0 unspecified atom stereocenters. The molecule has 32 heavy (non-hydrogen) atoms. The zero-order chi connectivity index (χ0) is 21.9. The van der Waals surface area contributed by atoms with E-state index in [1.54, 1.807) is 17.4 Å². The molecule has 1 aliphatic carbocycles. The molecule has 1 saturated carbocycles. The average molecular weight is 446 g/mol. The zero-order valence-electron chi connectivity index (χ0n) is 18.2. The molecule has 1 aliphatic rings. The number of hydrogen-bond acceptors (Lipinski definition) is 4. The minimum atomic E-state index is -0.203. The molecule has 6 heteroatoms. The van der Waals surface area contributed by atoms with Gasteiger partial charge in [-0.2, -0.15) is 0 Å². The van der Waals surface area contributed by atoms with Crippen molar-refractivity contribution in [3.63, 3.8) is 0 Å². The molecular formula is C26H27N3O2S. The lowest BCUT2D eigenvalue weighted by Gasteiger charge is -2.24. The van der Waals surface area contributed by atoms with E-state index in [9.17, 15) is 4.79 Å². The number of rotatable bonds is 6. The van der Waals surface area contributed by atoms with Gasteiger partial charge in [0.25, 0.3) is 5.91 Å². The van der Waals surface area contributed by atoms with Crippen molar-refractivity contribution in [2.75, 3.05) is 0 Å². The van der Waals surface area contributed by atoms with Gasteiger partial charge in [-0.1, -0.05) is 55.2 Å². The van der Waals surface area contributed by atoms with E-state index in [0.717, 1.165) is 34.7 Å². The van der Waals surface area contributed by atoms with E-state index < -0.39 is 0 Å². The van der Waals surface area contributed by atoms with Crippen molar-refractivity contribution in [1.82, 2.24) is 14.9 Å². The minimum Gasteiger partial charge on any atom is -0.449 e. The molecular weight excluding hydrogens is 418 g/mol. The molecule has 5 nitrogen and oxygen atoms in total. The second kappa shape index (κ2) is 9.17. The summed E-state index contributed by atoms with van der Waals surface area (Å²) < 4.78 is 8.37. The Hall–Kier alpha value is -3.12. The van der Waals surface area contributed by atoms with E-state index in [-0.39, 0.29) is 5.91 Å². The van der Waals surface area contributed by atoms with E-state index in [4.69, 9.17) is 9.40 Å². The van der Waals surface area contributed by atoms with Gasteiger partial charge in [0.05, 0.1) is 18.6 Å². The first-order valence-electron chi connectivity index (χ1n) is 11.2. The summed E-state index contributed by atoms with van der Waals surface area (Å²) in [4.78, 5) is 18.6. The summed E-state index contributed by atoms with van der Waals surface area (Å²) in [6.07, 6.45) is 7.99. The number of nitrogens with one attached hydrogen (secondary N) is 1. The lowest BCUT2D eigenvalue weighted by atomic mass is 9.95. The van der Waals surface area contributed by atoms with Gasteiger partial charge in [-0.25, -0.2) is 4.98 Å². The molecule has 0 saturated heterocycles. The number of nitrogens with zero attached hydrogens (tertiary/aromatic N) is 2. The van der Waals surface area contributed by atoms with Gasteiger partial charge in [0, 0.05) is 16.5 Å². The fraction of sp³-hybridized carbons (Fsp3) is 0.308. The van der Waals surface area contributed by atoms with Gasteiger partial charge < -0.3 is 14.3 Å². The highest BCUT2D eigenvalue weighted by Crippen LogP contribution is 2.38. The van der Waals surface area contributed by atoms with Gasteiger partial charge in [0.1, 0.15) is 5.69 Å². The van der Waals surface area contributed by atoms with Crippen molar-refractivity contribution in [1.29, 1.82) is 0 Å². The predicted octanol–water partition coefficient (Wildman–Crippen LogP) is 6.62. The van der Waals surface area contributed by atoms with Crippen molar-refractivity contribution in [2.24, 2.45) is 0 Å². The van der Waals surface area contributed by atoms with Crippen LogP contribution in [-0.2, 0) is 6.54 Å². The molecule has 3 heterocycles. The molecule has 164 valence electrons. The number of benzene rings is 1. The normalized spacial score (nSPS) is 14.5. The van der Waals surface area contributed by atoms with Crippen LogP contribution >= 0.6 is 11.3 Å². The monoisotopic (exact) mass is 445 g/mol. The van der Waals surface area contributed by atoms with Crippen LogP contribution < -0.4 is 5.32 Å². The van der Waals surface area contributed by atoms with Gasteiger partial charge >= 0.3 is 0 Å².